The summed E-state index contributed by atoms with van der Waals surface area (Å²) in [6.45, 7) is 2.86. The molecule has 1 heterocycles. The Morgan fingerprint density at radius 3 is 2.70 bits per heavy atom. The van der Waals surface area contributed by atoms with E-state index in [2.05, 4.69) is 33.6 Å². The lowest BCUT2D eigenvalue weighted by Crippen LogP contribution is -2.20. The third kappa shape index (κ3) is 5.28. The molecule has 2 aromatic rings. The molecule has 23 heavy (non-hydrogen) atoms. The Morgan fingerprint density at radius 2 is 2.00 bits per heavy atom. The maximum atomic E-state index is 12.5. The predicted octanol–water partition coefficient (Wildman–Crippen LogP) is 3.82. The van der Waals surface area contributed by atoms with Crippen LogP contribution in [0.15, 0.2) is 28.8 Å². The monoisotopic (exact) mass is 325 g/mol. The summed E-state index contributed by atoms with van der Waals surface area (Å²) in [6.07, 6.45) is 1.07. The van der Waals surface area contributed by atoms with Crippen molar-refractivity contribution in [3.05, 3.63) is 30.2 Å². The molecule has 2 rings (SSSR count). The van der Waals surface area contributed by atoms with Gasteiger partial charge >= 0.3 is 6.61 Å². The number of alkyl halides is 2. The number of hydrogen-bond acceptors (Lipinski definition) is 5. The Kier molecular flexibility index (Phi) is 6.04. The van der Waals surface area contributed by atoms with Gasteiger partial charge in [0.25, 0.3) is 0 Å². The van der Waals surface area contributed by atoms with Gasteiger partial charge in [-0.2, -0.15) is 13.8 Å². The number of ether oxygens (including phenoxy) is 1. The van der Waals surface area contributed by atoms with Crippen LogP contribution in [-0.4, -0.2) is 35.2 Å². The molecule has 0 saturated heterocycles. The molecular weight excluding hydrogens is 304 g/mol. The van der Waals surface area contributed by atoms with Crippen molar-refractivity contribution in [3.63, 3.8) is 0 Å². The lowest BCUT2D eigenvalue weighted by atomic mass is 10.1. The highest BCUT2D eigenvalue weighted by Gasteiger charge is 2.16. The molecule has 0 aliphatic carbocycles. The van der Waals surface area contributed by atoms with Gasteiger partial charge in [-0.1, -0.05) is 31.1 Å². The fraction of sp³-hybridized carbons (Fsp3) is 0.500. The van der Waals surface area contributed by atoms with Crippen LogP contribution < -0.4 is 4.74 Å². The molecule has 0 bridgehead atoms. The fourth-order valence-corrected chi connectivity index (χ4v) is 2.07. The van der Waals surface area contributed by atoms with Crippen LogP contribution in [0.5, 0.6) is 5.75 Å². The van der Waals surface area contributed by atoms with E-state index in [9.17, 15) is 8.78 Å². The van der Waals surface area contributed by atoms with E-state index in [1.807, 2.05) is 7.05 Å². The zero-order valence-electron chi connectivity index (χ0n) is 13.5. The number of para-hydroxylation sites is 1. The van der Waals surface area contributed by atoms with Gasteiger partial charge in [0, 0.05) is 0 Å². The van der Waals surface area contributed by atoms with Gasteiger partial charge in [-0.25, -0.2) is 0 Å². The van der Waals surface area contributed by atoms with E-state index in [0.29, 0.717) is 23.9 Å². The zero-order valence-corrected chi connectivity index (χ0v) is 13.5. The minimum atomic E-state index is -2.90. The largest absolute Gasteiger partial charge is 0.434 e. The number of aromatic nitrogens is 2. The van der Waals surface area contributed by atoms with Crippen molar-refractivity contribution in [2.75, 3.05) is 13.6 Å². The number of hydrogen-bond donors (Lipinski definition) is 0. The molecule has 7 heteroatoms. The molecule has 5 nitrogen and oxygen atoms in total. The van der Waals surface area contributed by atoms with Crippen LogP contribution in [0, 0.1) is 5.92 Å². The maximum absolute atomic E-state index is 12.5. The molecule has 0 atom stereocenters. The Balaban J connectivity index is 2.07. The Labute approximate surface area is 134 Å². The van der Waals surface area contributed by atoms with Gasteiger partial charge in [-0.3, -0.25) is 4.90 Å². The second kappa shape index (κ2) is 8.01. The molecule has 0 unspecified atom stereocenters. The topological polar surface area (TPSA) is 51.4 Å². The lowest BCUT2D eigenvalue weighted by molar-refractivity contribution is -0.0494. The van der Waals surface area contributed by atoms with E-state index in [1.165, 1.54) is 6.07 Å². The van der Waals surface area contributed by atoms with Gasteiger partial charge in [0.15, 0.2) is 0 Å². The van der Waals surface area contributed by atoms with Crippen LogP contribution in [0.3, 0.4) is 0 Å². The first-order valence-electron chi connectivity index (χ1n) is 7.51. The summed E-state index contributed by atoms with van der Waals surface area (Å²) in [4.78, 5) is 6.35. The van der Waals surface area contributed by atoms with Crippen LogP contribution >= 0.6 is 0 Å². The van der Waals surface area contributed by atoms with Crippen molar-refractivity contribution in [1.82, 2.24) is 15.0 Å². The van der Waals surface area contributed by atoms with Crippen LogP contribution in [0.1, 0.15) is 26.2 Å². The summed E-state index contributed by atoms with van der Waals surface area (Å²) >= 11 is 0. The Bertz CT molecular complexity index is 617. The van der Waals surface area contributed by atoms with E-state index in [4.69, 9.17) is 4.52 Å². The highest BCUT2D eigenvalue weighted by molar-refractivity contribution is 5.63. The normalized spacial score (nSPS) is 11.7. The van der Waals surface area contributed by atoms with Crippen molar-refractivity contribution < 1.29 is 18.0 Å². The van der Waals surface area contributed by atoms with Crippen molar-refractivity contribution in [3.8, 4) is 17.1 Å². The summed E-state index contributed by atoms with van der Waals surface area (Å²) in [5, 5.41) is 3.86. The molecule has 0 N–H and O–H groups in total. The van der Waals surface area contributed by atoms with E-state index in [-0.39, 0.29) is 11.6 Å². The average molecular weight is 325 g/mol. The molecule has 0 aliphatic heterocycles. The van der Waals surface area contributed by atoms with Gasteiger partial charge in [-0.15, -0.1) is 0 Å². The van der Waals surface area contributed by atoms with Gasteiger partial charge in [-0.05, 0) is 38.1 Å². The molecule has 0 fully saturated rings. The van der Waals surface area contributed by atoms with Crippen molar-refractivity contribution in [2.24, 2.45) is 5.92 Å². The number of halogens is 2. The van der Waals surface area contributed by atoms with E-state index in [1.54, 1.807) is 18.2 Å². The standard InChI is InChI=1S/C16H21F2N3O2/c1-11(2)8-9-21(3)10-14-19-15(20-23-14)12-6-4-5-7-13(12)22-16(17)18/h4-7,11,16H,8-10H2,1-3H3. The number of benzene rings is 1. The number of rotatable bonds is 8. The summed E-state index contributed by atoms with van der Waals surface area (Å²) in [5.41, 5.74) is 0.382. The van der Waals surface area contributed by atoms with Gasteiger partial charge < -0.3 is 9.26 Å². The molecule has 0 aliphatic rings. The zero-order chi connectivity index (χ0) is 16.8. The highest BCUT2D eigenvalue weighted by Crippen LogP contribution is 2.28. The Morgan fingerprint density at radius 1 is 1.26 bits per heavy atom. The lowest BCUT2D eigenvalue weighted by Gasteiger charge is -2.15. The van der Waals surface area contributed by atoms with E-state index < -0.39 is 6.61 Å². The van der Waals surface area contributed by atoms with Crippen LogP contribution in [0.4, 0.5) is 8.78 Å². The molecule has 0 amide bonds. The molecule has 0 spiro atoms. The van der Waals surface area contributed by atoms with Gasteiger partial charge in [0.1, 0.15) is 5.75 Å². The molecule has 126 valence electrons. The molecular formula is C16H21F2N3O2. The second-order valence-electron chi connectivity index (χ2n) is 5.81. The van der Waals surface area contributed by atoms with Crippen molar-refractivity contribution >= 4 is 0 Å². The van der Waals surface area contributed by atoms with Crippen LogP contribution in [0.25, 0.3) is 11.4 Å². The summed E-state index contributed by atoms with van der Waals surface area (Å²) < 4.78 is 34.6. The first kappa shape index (κ1) is 17.3. The minimum absolute atomic E-state index is 0.0306. The minimum Gasteiger partial charge on any atom is -0.434 e. The van der Waals surface area contributed by atoms with Gasteiger partial charge in [0.05, 0.1) is 12.1 Å². The molecule has 1 aromatic carbocycles. The first-order chi connectivity index (χ1) is 11.0. The van der Waals surface area contributed by atoms with Crippen LogP contribution in [-0.2, 0) is 6.54 Å². The fourth-order valence-electron chi connectivity index (χ4n) is 2.07. The summed E-state index contributed by atoms with van der Waals surface area (Å²) in [5.74, 6) is 1.34. The highest BCUT2D eigenvalue weighted by atomic mass is 19.3. The summed E-state index contributed by atoms with van der Waals surface area (Å²) in [6, 6.07) is 6.39. The quantitative estimate of drug-likeness (QED) is 0.738. The number of nitrogens with zero attached hydrogens (tertiary/aromatic N) is 3. The summed E-state index contributed by atoms with van der Waals surface area (Å²) in [7, 11) is 1.97. The smallest absolute Gasteiger partial charge is 0.387 e. The molecule has 0 radical (unpaired) electrons. The predicted molar refractivity (Wildman–Crippen MR) is 82.2 cm³/mol. The first-order valence-corrected chi connectivity index (χ1v) is 7.51. The Hall–Kier alpha value is -2.02. The maximum Gasteiger partial charge on any atom is 0.387 e. The van der Waals surface area contributed by atoms with Crippen LogP contribution in [0.2, 0.25) is 0 Å². The molecule has 1 aromatic heterocycles. The third-order valence-electron chi connectivity index (χ3n) is 3.31. The van der Waals surface area contributed by atoms with Crippen molar-refractivity contribution in [1.29, 1.82) is 0 Å². The average Bonchev–Trinajstić information content (AvgIpc) is 2.93. The van der Waals surface area contributed by atoms with Gasteiger partial charge in [0.2, 0.25) is 11.7 Å². The SMILES string of the molecule is CC(C)CCN(C)Cc1nc(-c2ccccc2OC(F)F)no1. The third-order valence-corrected chi connectivity index (χ3v) is 3.31. The van der Waals surface area contributed by atoms with E-state index in [0.717, 1.165) is 13.0 Å². The molecule has 0 saturated carbocycles. The van der Waals surface area contributed by atoms with Crippen molar-refractivity contribution in [2.45, 2.75) is 33.4 Å². The second-order valence-corrected chi connectivity index (χ2v) is 5.81. The van der Waals surface area contributed by atoms with E-state index >= 15 is 0 Å².